The summed E-state index contributed by atoms with van der Waals surface area (Å²) in [5.41, 5.74) is 8.65. The molecule has 0 saturated heterocycles. The molecule has 0 unspecified atom stereocenters. The molecular weight excluding hydrogens is 735 g/mol. The lowest BCUT2D eigenvalue weighted by atomic mass is 9.94. The van der Waals surface area contributed by atoms with Crippen molar-refractivity contribution in [2.75, 3.05) is 0 Å². The Hall–Kier alpha value is -6.86. The van der Waals surface area contributed by atoms with Gasteiger partial charge < -0.3 is 0 Å². The monoisotopic (exact) mass is 760 g/mol. The molecule has 0 radical (unpaired) electrons. The van der Waals surface area contributed by atoms with E-state index in [1.54, 1.807) is 8.80 Å². The number of nitrogens with zero attached hydrogens (tertiary/aromatic N) is 4. The highest BCUT2D eigenvalue weighted by Crippen LogP contribution is 2.41. The predicted molar refractivity (Wildman–Crippen MR) is 231 cm³/mol. The standard InChI is InChI=1S/2C24H13ClN2O/c25-18-13-12-16-21-17(11-10-15(22(18)21)14-6-2-1-3-7-14)24(28)27-20-9-5-4-8-19(20)26-23(16)27;25-18-13-12-17-21-16(11-10-15(22(18)21)14-6-2-1-3-7-14)23-26-19-8-4-5-9-20(19)27(23)24(17)28/h2*1-13H. The fourth-order valence-corrected chi connectivity index (χ4v) is 8.94. The highest BCUT2D eigenvalue weighted by molar-refractivity contribution is 6.40. The number of hydrogen-bond donors (Lipinski definition) is 0. The van der Waals surface area contributed by atoms with E-state index in [4.69, 9.17) is 33.2 Å². The molecule has 56 heavy (non-hydrogen) atoms. The summed E-state index contributed by atoms with van der Waals surface area (Å²) >= 11 is 13.3. The molecule has 6 nitrogen and oxygen atoms in total. The van der Waals surface area contributed by atoms with Crippen LogP contribution < -0.4 is 11.1 Å². The van der Waals surface area contributed by atoms with Gasteiger partial charge in [0.15, 0.2) is 0 Å². The van der Waals surface area contributed by atoms with Crippen molar-refractivity contribution in [3.05, 3.63) is 188 Å². The van der Waals surface area contributed by atoms with Crippen molar-refractivity contribution in [2.24, 2.45) is 0 Å². The van der Waals surface area contributed by atoms with Gasteiger partial charge in [0.05, 0.1) is 22.1 Å². The van der Waals surface area contributed by atoms with Crippen molar-refractivity contribution in [3.63, 3.8) is 0 Å². The first-order valence-corrected chi connectivity index (χ1v) is 18.9. The summed E-state index contributed by atoms with van der Waals surface area (Å²) < 4.78 is 3.42. The summed E-state index contributed by atoms with van der Waals surface area (Å²) in [6.45, 7) is 0. The van der Waals surface area contributed by atoms with Crippen LogP contribution in [0.3, 0.4) is 0 Å². The topological polar surface area (TPSA) is 68.7 Å². The van der Waals surface area contributed by atoms with Crippen molar-refractivity contribution in [1.82, 2.24) is 18.8 Å². The third-order valence-electron chi connectivity index (χ3n) is 10.9. The van der Waals surface area contributed by atoms with E-state index < -0.39 is 0 Å². The van der Waals surface area contributed by atoms with Gasteiger partial charge in [0.1, 0.15) is 11.3 Å². The van der Waals surface area contributed by atoms with Crippen LogP contribution in [-0.2, 0) is 0 Å². The second kappa shape index (κ2) is 12.3. The van der Waals surface area contributed by atoms with Gasteiger partial charge in [0.2, 0.25) is 0 Å². The minimum atomic E-state index is -0.0666. The predicted octanol–water partition coefficient (Wildman–Crippen LogP) is 11.8. The lowest BCUT2D eigenvalue weighted by Gasteiger charge is -2.13. The number of halogens is 2. The Morgan fingerprint density at radius 2 is 0.750 bits per heavy atom. The van der Waals surface area contributed by atoms with E-state index in [9.17, 15) is 9.59 Å². The van der Waals surface area contributed by atoms with Crippen LogP contribution in [0.2, 0.25) is 10.0 Å². The fourth-order valence-electron chi connectivity index (χ4n) is 8.42. The zero-order valence-corrected chi connectivity index (χ0v) is 30.9. The number of pyridine rings is 2. The number of hydrogen-bond acceptors (Lipinski definition) is 4. The average Bonchev–Trinajstić information content (AvgIpc) is 3.83. The van der Waals surface area contributed by atoms with Crippen molar-refractivity contribution in [2.45, 2.75) is 0 Å². The van der Waals surface area contributed by atoms with Gasteiger partial charge in [-0.05, 0) is 82.9 Å². The largest absolute Gasteiger partial charge is 0.268 e. The van der Waals surface area contributed by atoms with Gasteiger partial charge in [0.25, 0.3) is 11.1 Å². The Balaban J connectivity index is 0.000000130. The highest BCUT2D eigenvalue weighted by atomic mass is 35.5. The summed E-state index contributed by atoms with van der Waals surface area (Å²) in [5.74, 6) is 0. The number of benzene rings is 8. The molecule has 12 aromatic rings. The normalized spacial score (nSPS) is 11.9. The van der Waals surface area contributed by atoms with E-state index in [1.165, 1.54) is 0 Å². The number of fused-ring (bicyclic) bond motifs is 8. The maximum Gasteiger partial charge on any atom is 0.264 e. The van der Waals surface area contributed by atoms with Crippen LogP contribution in [0.15, 0.2) is 167 Å². The fraction of sp³-hybridized carbons (Fsp3) is 0. The SMILES string of the molecule is O=c1c2ccc(-c3ccccc3)c3c(Cl)ccc(c32)c2nc3ccccc3n12.O=c1c2ccc(Cl)c3c(-c4ccccc4)ccc(c32)c2nc3ccccc3n12. The van der Waals surface area contributed by atoms with Gasteiger partial charge in [-0.1, -0.05) is 120 Å². The molecule has 0 spiro atoms. The van der Waals surface area contributed by atoms with Crippen LogP contribution in [0.4, 0.5) is 0 Å². The highest BCUT2D eigenvalue weighted by Gasteiger charge is 2.21. The maximum absolute atomic E-state index is 13.4. The molecule has 8 heteroatoms. The molecule has 4 heterocycles. The molecule has 0 aliphatic carbocycles. The Morgan fingerprint density at radius 3 is 1.21 bits per heavy atom. The van der Waals surface area contributed by atoms with E-state index in [-0.39, 0.29) is 11.1 Å². The second-order valence-electron chi connectivity index (χ2n) is 13.9. The van der Waals surface area contributed by atoms with E-state index in [0.717, 1.165) is 76.6 Å². The zero-order chi connectivity index (χ0) is 37.7. The van der Waals surface area contributed by atoms with Crippen molar-refractivity contribution >= 4 is 99.7 Å². The summed E-state index contributed by atoms with van der Waals surface area (Å²) in [4.78, 5) is 36.3. The molecule has 0 fully saturated rings. The maximum atomic E-state index is 13.4. The third kappa shape index (κ3) is 4.64. The number of imidazole rings is 2. The Labute approximate surface area is 327 Å². The third-order valence-corrected chi connectivity index (χ3v) is 11.5. The molecule has 12 rings (SSSR count). The molecule has 8 aromatic carbocycles. The van der Waals surface area contributed by atoms with Gasteiger partial charge in [-0.15, -0.1) is 0 Å². The molecule has 0 N–H and O–H groups in total. The molecule has 0 atom stereocenters. The van der Waals surface area contributed by atoms with E-state index >= 15 is 0 Å². The lowest BCUT2D eigenvalue weighted by Crippen LogP contribution is -2.13. The first kappa shape index (κ1) is 32.6. The molecule has 0 aliphatic heterocycles. The van der Waals surface area contributed by atoms with Gasteiger partial charge in [0, 0.05) is 53.1 Å². The van der Waals surface area contributed by atoms with E-state index in [0.29, 0.717) is 32.1 Å². The lowest BCUT2D eigenvalue weighted by molar-refractivity contribution is 1.19. The number of para-hydroxylation sites is 4. The van der Waals surface area contributed by atoms with Crippen LogP contribution in [0.25, 0.3) is 98.7 Å². The second-order valence-corrected chi connectivity index (χ2v) is 14.7. The van der Waals surface area contributed by atoms with E-state index in [2.05, 4.69) is 36.4 Å². The Bertz CT molecular complexity index is 3470. The smallest absolute Gasteiger partial charge is 0.264 e. The minimum absolute atomic E-state index is 0.0666. The Kier molecular flexibility index (Phi) is 7.17. The van der Waals surface area contributed by atoms with Crippen molar-refractivity contribution in [1.29, 1.82) is 0 Å². The molecular formula is C48H26Cl2N4O2. The minimum Gasteiger partial charge on any atom is -0.268 e. The number of aromatic nitrogens is 4. The molecule has 0 amide bonds. The average molecular weight is 762 g/mol. The number of rotatable bonds is 2. The van der Waals surface area contributed by atoms with Crippen LogP contribution >= 0.6 is 23.2 Å². The molecule has 0 aliphatic rings. The summed E-state index contributed by atoms with van der Waals surface area (Å²) in [5, 5.41) is 8.00. The molecule has 4 aromatic heterocycles. The molecule has 264 valence electrons. The van der Waals surface area contributed by atoms with Crippen molar-refractivity contribution in [3.8, 4) is 22.3 Å². The van der Waals surface area contributed by atoms with E-state index in [1.807, 2.05) is 121 Å². The van der Waals surface area contributed by atoms with Crippen LogP contribution in [0, 0.1) is 0 Å². The zero-order valence-electron chi connectivity index (χ0n) is 29.4. The van der Waals surface area contributed by atoms with Crippen LogP contribution in [0.1, 0.15) is 0 Å². The molecule has 0 bridgehead atoms. The van der Waals surface area contributed by atoms with Gasteiger partial charge >= 0.3 is 0 Å². The van der Waals surface area contributed by atoms with Gasteiger partial charge in [-0.3, -0.25) is 18.4 Å². The van der Waals surface area contributed by atoms with Gasteiger partial charge in [-0.2, -0.15) is 0 Å². The quantitative estimate of drug-likeness (QED) is 0.176. The Morgan fingerprint density at radius 1 is 0.375 bits per heavy atom. The van der Waals surface area contributed by atoms with Crippen LogP contribution in [0.5, 0.6) is 0 Å². The van der Waals surface area contributed by atoms with Crippen LogP contribution in [-0.4, -0.2) is 18.8 Å². The van der Waals surface area contributed by atoms with Crippen molar-refractivity contribution < 1.29 is 0 Å². The first-order chi connectivity index (χ1) is 27.5. The summed E-state index contributed by atoms with van der Waals surface area (Å²) in [7, 11) is 0. The van der Waals surface area contributed by atoms with Gasteiger partial charge in [-0.25, -0.2) is 9.97 Å². The molecule has 0 saturated carbocycles. The summed E-state index contributed by atoms with van der Waals surface area (Å²) in [6.07, 6.45) is 0. The summed E-state index contributed by atoms with van der Waals surface area (Å²) in [6, 6.07) is 51.2. The first-order valence-electron chi connectivity index (χ1n) is 18.1.